The molecule has 0 aliphatic heterocycles. The van der Waals surface area contributed by atoms with Crippen LogP contribution in [0.4, 0.5) is 5.82 Å². The number of anilines is 1. The van der Waals surface area contributed by atoms with Crippen molar-refractivity contribution in [2.45, 2.75) is 13.5 Å². The van der Waals surface area contributed by atoms with Gasteiger partial charge >= 0.3 is 0 Å². The summed E-state index contributed by atoms with van der Waals surface area (Å²) in [5.41, 5.74) is 11.0. The van der Waals surface area contributed by atoms with Gasteiger partial charge in [-0.1, -0.05) is 42.5 Å². The van der Waals surface area contributed by atoms with Gasteiger partial charge in [-0.3, -0.25) is 0 Å². The number of nitrogens with two attached hydrogens (primary N) is 1. The predicted octanol–water partition coefficient (Wildman–Crippen LogP) is 4.09. The summed E-state index contributed by atoms with van der Waals surface area (Å²) in [4.78, 5) is 11.7. The first kappa shape index (κ1) is 15.2. The molecule has 0 spiro atoms. The molecule has 2 aromatic heterocycles. The fourth-order valence-corrected chi connectivity index (χ4v) is 3.01. The van der Waals surface area contributed by atoms with Gasteiger partial charge in [0.1, 0.15) is 30.1 Å². The summed E-state index contributed by atoms with van der Waals surface area (Å²) >= 11 is 0. The van der Waals surface area contributed by atoms with Crippen LogP contribution in [0.2, 0.25) is 0 Å². The number of H-pyrrole nitrogens is 1. The van der Waals surface area contributed by atoms with E-state index >= 15 is 0 Å². The van der Waals surface area contributed by atoms with E-state index in [4.69, 9.17) is 10.5 Å². The Morgan fingerprint density at radius 1 is 1.04 bits per heavy atom. The van der Waals surface area contributed by atoms with E-state index in [-0.39, 0.29) is 0 Å². The second-order valence-electron chi connectivity index (χ2n) is 5.91. The first-order chi connectivity index (χ1) is 12.2. The average molecular weight is 330 g/mol. The van der Waals surface area contributed by atoms with Crippen molar-refractivity contribution in [2.75, 3.05) is 5.73 Å². The van der Waals surface area contributed by atoms with E-state index < -0.39 is 0 Å². The predicted molar refractivity (Wildman–Crippen MR) is 99.2 cm³/mol. The van der Waals surface area contributed by atoms with Gasteiger partial charge in [-0.05, 0) is 30.2 Å². The van der Waals surface area contributed by atoms with Crippen molar-refractivity contribution in [1.82, 2.24) is 15.0 Å². The lowest BCUT2D eigenvalue weighted by atomic mass is 10.0. The van der Waals surface area contributed by atoms with Crippen molar-refractivity contribution in [2.24, 2.45) is 0 Å². The van der Waals surface area contributed by atoms with Crippen molar-refractivity contribution in [3.63, 3.8) is 0 Å². The van der Waals surface area contributed by atoms with Crippen LogP contribution in [-0.4, -0.2) is 15.0 Å². The van der Waals surface area contributed by atoms with E-state index in [1.54, 1.807) is 0 Å². The molecule has 0 aliphatic rings. The maximum atomic E-state index is 6.08. The highest BCUT2D eigenvalue weighted by Crippen LogP contribution is 2.35. The third kappa shape index (κ3) is 2.92. The van der Waals surface area contributed by atoms with Gasteiger partial charge < -0.3 is 15.5 Å². The first-order valence-corrected chi connectivity index (χ1v) is 8.08. The number of hydrogen-bond donors (Lipinski definition) is 2. The van der Waals surface area contributed by atoms with Crippen LogP contribution in [0.25, 0.3) is 22.2 Å². The molecule has 2 aromatic carbocycles. The van der Waals surface area contributed by atoms with Crippen molar-refractivity contribution in [3.05, 3.63) is 72.2 Å². The minimum Gasteiger partial charge on any atom is -0.489 e. The second kappa shape index (κ2) is 6.28. The molecule has 25 heavy (non-hydrogen) atoms. The molecule has 0 unspecified atom stereocenters. The lowest BCUT2D eigenvalue weighted by Gasteiger charge is -2.09. The number of hydrogen-bond acceptors (Lipinski definition) is 4. The molecule has 3 N–H and O–H groups in total. The topological polar surface area (TPSA) is 76.8 Å². The largest absolute Gasteiger partial charge is 0.489 e. The highest BCUT2D eigenvalue weighted by atomic mass is 16.5. The molecule has 4 aromatic rings. The summed E-state index contributed by atoms with van der Waals surface area (Å²) in [7, 11) is 0. The molecule has 0 aliphatic carbocycles. The summed E-state index contributed by atoms with van der Waals surface area (Å²) in [5.74, 6) is 1.28. The van der Waals surface area contributed by atoms with Crippen LogP contribution in [-0.2, 0) is 6.61 Å². The van der Waals surface area contributed by atoms with Crippen molar-refractivity contribution >= 4 is 16.9 Å². The molecule has 4 rings (SSSR count). The highest BCUT2D eigenvalue weighted by molar-refractivity contribution is 6.01. The van der Waals surface area contributed by atoms with E-state index in [9.17, 15) is 0 Å². The highest BCUT2D eigenvalue weighted by Gasteiger charge is 2.15. The Hall–Kier alpha value is -3.34. The maximum absolute atomic E-state index is 6.08. The number of fused-ring (bicyclic) bond motifs is 1. The number of nitrogens with zero attached hydrogens (tertiary/aromatic N) is 2. The third-order valence-corrected chi connectivity index (χ3v) is 4.18. The molecule has 0 amide bonds. The standard InChI is InChI=1S/C20H18N4O/c1-13-17(18-19(21)22-12-23-20(18)24-13)15-8-5-9-16(10-15)25-11-14-6-3-2-4-7-14/h2-10,12H,11H2,1H3,(H3,21,22,23,24). The summed E-state index contributed by atoms with van der Waals surface area (Å²) < 4.78 is 5.94. The molecule has 0 radical (unpaired) electrons. The molecular weight excluding hydrogens is 312 g/mol. The van der Waals surface area contributed by atoms with Gasteiger partial charge in [0, 0.05) is 11.3 Å². The second-order valence-corrected chi connectivity index (χ2v) is 5.91. The SMILES string of the molecule is Cc1[nH]c2ncnc(N)c2c1-c1cccc(OCc2ccccc2)c1. The van der Waals surface area contributed by atoms with Gasteiger partial charge in [-0.2, -0.15) is 0 Å². The summed E-state index contributed by atoms with van der Waals surface area (Å²) in [6.45, 7) is 2.54. The summed E-state index contributed by atoms with van der Waals surface area (Å²) in [6.07, 6.45) is 1.47. The fraction of sp³-hybridized carbons (Fsp3) is 0.100. The average Bonchev–Trinajstić information content (AvgIpc) is 2.98. The number of nitrogens with one attached hydrogen (secondary N) is 1. The normalized spacial score (nSPS) is 10.9. The van der Waals surface area contributed by atoms with Gasteiger partial charge in [-0.15, -0.1) is 0 Å². The Kier molecular flexibility index (Phi) is 3.82. The molecule has 0 saturated carbocycles. The van der Waals surface area contributed by atoms with E-state index in [0.717, 1.165) is 39.2 Å². The maximum Gasteiger partial charge on any atom is 0.143 e. The summed E-state index contributed by atoms with van der Waals surface area (Å²) in [6, 6.07) is 18.1. The smallest absolute Gasteiger partial charge is 0.143 e. The first-order valence-electron chi connectivity index (χ1n) is 8.08. The van der Waals surface area contributed by atoms with Gasteiger partial charge in [-0.25, -0.2) is 9.97 Å². The lowest BCUT2D eigenvalue weighted by molar-refractivity contribution is 0.306. The van der Waals surface area contributed by atoms with Gasteiger partial charge in [0.15, 0.2) is 0 Å². The third-order valence-electron chi connectivity index (χ3n) is 4.18. The Bertz CT molecular complexity index is 1020. The van der Waals surface area contributed by atoms with Crippen molar-refractivity contribution in [3.8, 4) is 16.9 Å². The zero-order chi connectivity index (χ0) is 17.2. The van der Waals surface area contributed by atoms with Crippen LogP contribution in [0.5, 0.6) is 5.75 Å². The van der Waals surface area contributed by atoms with Crippen LogP contribution >= 0.6 is 0 Å². The minimum absolute atomic E-state index is 0.472. The number of aryl methyl sites for hydroxylation is 1. The quantitative estimate of drug-likeness (QED) is 0.591. The molecule has 2 heterocycles. The number of ether oxygens (including phenoxy) is 1. The monoisotopic (exact) mass is 330 g/mol. The lowest BCUT2D eigenvalue weighted by Crippen LogP contribution is -1.95. The van der Waals surface area contributed by atoms with E-state index in [0.29, 0.717) is 12.4 Å². The zero-order valence-electron chi connectivity index (χ0n) is 13.9. The van der Waals surface area contributed by atoms with Crippen LogP contribution < -0.4 is 10.5 Å². The van der Waals surface area contributed by atoms with Gasteiger partial charge in [0.2, 0.25) is 0 Å². The molecule has 124 valence electrons. The van der Waals surface area contributed by atoms with Crippen LogP contribution in [0.15, 0.2) is 60.9 Å². The van der Waals surface area contributed by atoms with E-state index in [2.05, 4.69) is 15.0 Å². The van der Waals surface area contributed by atoms with Gasteiger partial charge in [0.05, 0.1) is 5.39 Å². The Morgan fingerprint density at radius 3 is 2.72 bits per heavy atom. The van der Waals surface area contributed by atoms with Crippen molar-refractivity contribution in [1.29, 1.82) is 0 Å². The number of aromatic amines is 1. The molecule has 0 atom stereocenters. The molecule has 0 bridgehead atoms. The Labute approximate surface area is 145 Å². The van der Waals surface area contributed by atoms with Crippen LogP contribution in [0.1, 0.15) is 11.3 Å². The molecule has 5 heteroatoms. The Morgan fingerprint density at radius 2 is 1.88 bits per heavy atom. The molecule has 0 fully saturated rings. The van der Waals surface area contributed by atoms with Crippen LogP contribution in [0.3, 0.4) is 0 Å². The minimum atomic E-state index is 0.472. The summed E-state index contributed by atoms with van der Waals surface area (Å²) in [5, 5.41) is 0.847. The number of rotatable bonds is 4. The van der Waals surface area contributed by atoms with Crippen molar-refractivity contribution < 1.29 is 4.74 Å². The van der Waals surface area contributed by atoms with E-state index in [1.165, 1.54) is 6.33 Å². The van der Waals surface area contributed by atoms with Gasteiger partial charge in [0.25, 0.3) is 0 Å². The number of nitrogen functional groups attached to an aromatic ring is 1. The van der Waals surface area contributed by atoms with E-state index in [1.807, 2.05) is 61.5 Å². The number of benzene rings is 2. The fourth-order valence-electron chi connectivity index (χ4n) is 3.01. The molecule has 0 saturated heterocycles. The van der Waals surface area contributed by atoms with Crippen LogP contribution in [0, 0.1) is 6.92 Å². The number of aromatic nitrogens is 3. The molecular formula is C20H18N4O. The Balaban J connectivity index is 1.69. The molecule has 5 nitrogen and oxygen atoms in total. The zero-order valence-corrected chi connectivity index (χ0v) is 13.9.